The second-order valence-corrected chi connectivity index (χ2v) is 6.69. The molecule has 1 fully saturated rings. The van der Waals surface area contributed by atoms with Gasteiger partial charge in [0, 0.05) is 25.4 Å². The molecular formula is C18H29N3O5. The van der Waals surface area contributed by atoms with Gasteiger partial charge in [-0.15, -0.1) is 12.3 Å². The number of carbonyl (C=O) groups excluding carboxylic acids is 2. The first kappa shape index (κ1) is 21.9. The molecule has 1 heterocycles. The van der Waals surface area contributed by atoms with Gasteiger partial charge in [0.2, 0.25) is 11.8 Å². The van der Waals surface area contributed by atoms with Gasteiger partial charge in [0.25, 0.3) is 0 Å². The number of nitrogens with two attached hydrogens (primary N) is 1. The number of piperidine rings is 1. The largest absolute Gasteiger partial charge is 0.481 e. The van der Waals surface area contributed by atoms with Gasteiger partial charge in [-0.2, -0.15) is 0 Å². The summed E-state index contributed by atoms with van der Waals surface area (Å²) in [6.45, 7) is 2.22. The Morgan fingerprint density at radius 1 is 1.35 bits per heavy atom. The Hall–Kier alpha value is -2.11. The van der Waals surface area contributed by atoms with E-state index in [4.69, 9.17) is 12.2 Å². The average molecular weight is 367 g/mol. The molecule has 1 aliphatic rings. The fourth-order valence-corrected chi connectivity index (χ4v) is 3.16. The molecular weight excluding hydrogens is 338 g/mol. The minimum atomic E-state index is -1.06. The smallest absolute Gasteiger partial charge is 0.308 e. The van der Waals surface area contributed by atoms with Crippen LogP contribution in [-0.2, 0) is 14.4 Å². The maximum atomic E-state index is 12.8. The maximum Gasteiger partial charge on any atom is 0.308 e. The predicted molar refractivity (Wildman–Crippen MR) is 95.8 cm³/mol. The van der Waals surface area contributed by atoms with Crippen molar-refractivity contribution in [1.82, 2.24) is 10.2 Å². The lowest BCUT2D eigenvalue weighted by Gasteiger charge is -2.41. The lowest BCUT2D eigenvalue weighted by atomic mass is 9.88. The van der Waals surface area contributed by atoms with Crippen LogP contribution in [0.4, 0.5) is 0 Å². The van der Waals surface area contributed by atoms with E-state index in [0.29, 0.717) is 13.0 Å². The highest BCUT2D eigenvalue weighted by Crippen LogP contribution is 2.25. The number of hydrogen-bond donors (Lipinski definition) is 4. The van der Waals surface area contributed by atoms with E-state index in [-0.39, 0.29) is 31.7 Å². The number of aliphatic hydroxyl groups is 1. The maximum absolute atomic E-state index is 12.8. The number of likely N-dealkylation sites (tertiary alicyclic amines) is 1. The average Bonchev–Trinajstić information content (AvgIpc) is 2.59. The molecule has 1 aliphatic heterocycles. The number of terminal acetylenes is 1. The van der Waals surface area contributed by atoms with Crippen LogP contribution in [0.15, 0.2) is 0 Å². The number of aliphatic carboxylic acids is 1. The first-order valence-corrected chi connectivity index (χ1v) is 8.96. The number of aliphatic hydroxyl groups excluding tert-OH is 1. The third-order valence-electron chi connectivity index (χ3n) is 4.67. The zero-order valence-electron chi connectivity index (χ0n) is 15.2. The molecule has 0 spiro atoms. The first-order chi connectivity index (χ1) is 12.3. The van der Waals surface area contributed by atoms with Crippen molar-refractivity contribution in [3.05, 3.63) is 0 Å². The summed E-state index contributed by atoms with van der Waals surface area (Å²) in [4.78, 5) is 37.6. The van der Waals surface area contributed by atoms with Gasteiger partial charge in [-0.25, -0.2) is 0 Å². The lowest BCUT2D eigenvalue weighted by molar-refractivity contribution is -0.154. The van der Waals surface area contributed by atoms with E-state index in [2.05, 4.69) is 11.2 Å². The van der Waals surface area contributed by atoms with Crippen molar-refractivity contribution in [1.29, 1.82) is 0 Å². The van der Waals surface area contributed by atoms with Crippen LogP contribution in [0.25, 0.3) is 0 Å². The molecule has 146 valence electrons. The van der Waals surface area contributed by atoms with E-state index in [0.717, 1.165) is 12.8 Å². The van der Waals surface area contributed by atoms with Crippen LogP contribution in [0.1, 0.15) is 45.4 Å². The molecule has 4 unspecified atom stereocenters. The molecule has 0 aliphatic carbocycles. The van der Waals surface area contributed by atoms with E-state index >= 15 is 0 Å². The molecule has 0 aromatic rings. The van der Waals surface area contributed by atoms with E-state index in [1.807, 2.05) is 0 Å². The molecule has 0 bridgehead atoms. The monoisotopic (exact) mass is 367 g/mol. The molecule has 1 saturated heterocycles. The summed E-state index contributed by atoms with van der Waals surface area (Å²) < 4.78 is 0. The normalized spacial score (nSPS) is 23.8. The summed E-state index contributed by atoms with van der Waals surface area (Å²) in [7, 11) is 0. The molecule has 0 aromatic heterocycles. The Bertz CT molecular complexity index is 545. The summed E-state index contributed by atoms with van der Waals surface area (Å²) in [5.41, 5.74) is 5.41. The Labute approximate surface area is 154 Å². The molecule has 0 aromatic carbocycles. The Morgan fingerprint density at radius 3 is 2.62 bits per heavy atom. The zero-order valence-corrected chi connectivity index (χ0v) is 15.2. The molecule has 5 N–H and O–H groups in total. The third kappa shape index (κ3) is 6.32. The number of carboxylic acid groups (broad SMARTS) is 1. The highest BCUT2D eigenvalue weighted by atomic mass is 16.4. The second kappa shape index (κ2) is 10.8. The standard InChI is InChI=1S/C18H29N3O5/c1-3-7-15(20-16(23)8-5-4-6-9-19)17(24)21-11-13(22)10-14(12(21)2)18(25)26/h1,12-15,22H,4-11,19H2,2H3,(H,20,23)(H,25,26). The van der Waals surface area contributed by atoms with Crippen molar-refractivity contribution >= 4 is 17.8 Å². The number of carboxylic acids is 1. The zero-order chi connectivity index (χ0) is 19.7. The fourth-order valence-electron chi connectivity index (χ4n) is 3.16. The number of nitrogens with zero attached hydrogens (tertiary/aromatic N) is 1. The first-order valence-electron chi connectivity index (χ1n) is 8.96. The molecule has 8 nitrogen and oxygen atoms in total. The summed E-state index contributed by atoms with van der Waals surface area (Å²) in [6.07, 6.45) is 7.09. The summed E-state index contributed by atoms with van der Waals surface area (Å²) in [5, 5.41) is 21.9. The van der Waals surface area contributed by atoms with Crippen molar-refractivity contribution in [2.45, 2.75) is 63.6 Å². The van der Waals surface area contributed by atoms with Gasteiger partial charge in [-0.1, -0.05) is 6.42 Å². The van der Waals surface area contributed by atoms with Gasteiger partial charge in [0.05, 0.1) is 12.0 Å². The highest BCUT2D eigenvalue weighted by molar-refractivity contribution is 5.88. The Morgan fingerprint density at radius 2 is 2.04 bits per heavy atom. The number of carbonyl (C=O) groups is 3. The summed E-state index contributed by atoms with van der Waals surface area (Å²) in [6, 6.07) is -1.52. The minimum absolute atomic E-state index is 0.00439. The van der Waals surface area contributed by atoms with Crippen molar-refractivity contribution in [3.8, 4) is 12.3 Å². The molecule has 0 saturated carbocycles. The number of hydrogen-bond acceptors (Lipinski definition) is 5. The molecule has 1 rings (SSSR count). The van der Waals surface area contributed by atoms with Crippen LogP contribution in [0.3, 0.4) is 0 Å². The summed E-state index contributed by atoms with van der Waals surface area (Å²) in [5.74, 6) is -0.296. The fraction of sp³-hybridized carbons (Fsp3) is 0.722. The van der Waals surface area contributed by atoms with Crippen LogP contribution in [-0.4, -0.2) is 64.2 Å². The van der Waals surface area contributed by atoms with Gasteiger partial charge in [0.1, 0.15) is 6.04 Å². The number of nitrogens with one attached hydrogen (secondary N) is 1. The van der Waals surface area contributed by atoms with Crippen molar-refractivity contribution in [2.75, 3.05) is 13.1 Å². The lowest BCUT2D eigenvalue weighted by Crippen LogP contribution is -2.58. The van der Waals surface area contributed by atoms with Gasteiger partial charge in [-0.05, 0) is 32.7 Å². The van der Waals surface area contributed by atoms with Gasteiger partial charge in [0.15, 0.2) is 0 Å². The molecule has 26 heavy (non-hydrogen) atoms. The summed E-state index contributed by atoms with van der Waals surface area (Å²) >= 11 is 0. The Balaban J connectivity index is 2.75. The third-order valence-corrected chi connectivity index (χ3v) is 4.67. The van der Waals surface area contributed by atoms with Crippen LogP contribution < -0.4 is 11.1 Å². The minimum Gasteiger partial charge on any atom is -0.481 e. The number of unbranched alkanes of at least 4 members (excludes halogenated alkanes) is 2. The Kier molecular flexibility index (Phi) is 9.10. The molecule has 2 amide bonds. The number of amides is 2. The van der Waals surface area contributed by atoms with E-state index in [1.54, 1.807) is 6.92 Å². The number of β-amino-alcohol motifs (C(OH)–C–C–N with tert-alkyl or cyclic N) is 1. The van der Waals surface area contributed by atoms with Gasteiger partial charge >= 0.3 is 5.97 Å². The topological polar surface area (TPSA) is 133 Å². The van der Waals surface area contributed by atoms with Gasteiger partial charge < -0.3 is 26.2 Å². The SMILES string of the molecule is C#CCC(NC(=O)CCCCCN)C(=O)N1CC(O)CC(C(=O)O)C1C. The molecule has 8 heteroatoms. The predicted octanol–water partition coefficient (Wildman–Crippen LogP) is -0.304. The van der Waals surface area contributed by atoms with E-state index in [9.17, 15) is 24.6 Å². The van der Waals surface area contributed by atoms with Crippen molar-refractivity contribution in [2.24, 2.45) is 11.7 Å². The van der Waals surface area contributed by atoms with E-state index in [1.165, 1.54) is 4.90 Å². The molecule has 0 radical (unpaired) electrons. The quantitative estimate of drug-likeness (QED) is 0.326. The van der Waals surface area contributed by atoms with Crippen LogP contribution >= 0.6 is 0 Å². The van der Waals surface area contributed by atoms with Crippen LogP contribution in [0.5, 0.6) is 0 Å². The van der Waals surface area contributed by atoms with Crippen LogP contribution in [0.2, 0.25) is 0 Å². The second-order valence-electron chi connectivity index (χ2n) is 6.69. The molecule has 4 atom stereocenters. The van der Waals surface area contributed by atoms with Crippen LogP contribution in [0, 0.1) is 18.3 Å². The van der Waals surface area contributed by atoms with Crippen molar-refractivity contribution in [3.63, 3.8) is 0 Å². The van der Waals surface area contributed by atoms with E-state index < -0.39 is 36.0 Å². The number of rotatable bonds is 9. The van der Waals surface area contributed by atoms with Crippen molar-refractivity contribution < 1.29 is 24.6 Å². The highest BCUT2D eigenvalue weighted by Gasteiger charge is 2.41. The van der Waals surface area contributed by atoms with Gasteiger partial charge in [-0.3, -0.25) is 14.4 Å².